The molecular formula is C10H12N4O4. The van der Waals surface area contributed by atoms with Crippen LogP contribution in [0.15, 0.2) is 24.3 Å². The monoisotopic (exact) mass is 252 g/mol. The second kappa shape index (κ2) is 6.30. The Hall–Kier alpha value is -2.48. The zero-order valence-electron chi connectivity index (χ0n) is 9.38. The molecule has 0 saturated carbocycles. The molecule has 0 heterocycles. The maximum Gasteiger partial charge on any atom is 0.269 e. The van der Waals surface area contributed by atoms with Crippen LogP contribution >= 0.6 is 0 Å². The highest BCUT2D eigenvalue weighted by atomic mass is 16.6. The molecule has 0 aromatic heterocycles. The van der Waals surface area contributed by atoms with Gasteiger partial charge in [0, 0.05) is 17.8 Å². The lowest BCUT2D eigenvalue weighted by molar-refractivity contribution is -0.384. The van der Waals surface area contributed by atoms with Crippen LogP contribution < -0.4 is 16.4 Å². The average Bonchev–Trinajstić information content (AvgIpc) is 2.36. The van der Waals surface area contributed by atoms with Crippen molar-refractivity contribution in [2.75, 3.05) is 18.4 Å². The predicted octanol–water partition coefficient (Wildman–Crippen LogP) is -0.392. The van der Waals surface area contributed by atoms with Gasteiger partial charge in [-0.25, -0.2) is 0 Å². The van der Waals surface area contributed by atoms with Crippen molar-refractivity contribution in [1.82, 2.24) is 5.32 Å². The van der Waals surface area contributed by atoms with Crippen LogP contribution in [0.4, 0.5) is 11.4 Å². The fraction of sp³-hybridized carbons (Fsp3) is 0.200. The second-order valence-electron chi connectivity index (χ2n) is 3.33. The van der Waals surface area contributed by atoms with Gasteiger partial charge in [0.05, 0.1) is 18.0 Å². The molecule has 0 radical (unpaired) electrons. The Labute approximate surface area is 102 Å². The third-order valence-corrected chi connectivity index (χ3v) is 1.99. The number of non-ortho nitro benzene ring substituents is 1. The van der Waals surface area contributed by atoms with Crippen LogP contribution in [-0.2, 0) is 9.59 Å². The minimum absolute atomic E-state index is 0.0653. The number of nitro benzene ring substituents is 1. The largest absolute Gasteiger partial charge is 0.346 e. The number of amides is 2. The smallest absolute Gasteiger partial charge is 0.269 e. The van der Waals surface area contributed by atoms with Crippen molar-refractivity contribution in [3.05, 3.63) is 34.4 Å². The van der Waals surface area contributed by atoms with Crippen molar-refractivity contribution >= 4 is 23.2 Å². The van der Waals surface area contributed by atoms with Gasteiger partial charge in [-0.3, -0.25) is 19.7 Å². The van der Waals surface area contributed by atoms with E-state index in [9.17, 15) is 19.7 Å². The Morgan fingerprint density at radius 3 is 2.33 bits per heavy atom. The number of hydrogen-bond donors (Lipinski definition) is 3. The predicted molar refractivity (Wildman–Crippen MR) is 63.8 cm³/mol. The van der Waals surface area contributed by atoms with Gasteiger partial charge in [0.1, 0.15) is 0 Å². The molecule has 0 unspecified atom stereocenters. The van der Waals surface area contributed by atoms with E-state index in [-0.39, 0.29) is 18.8 Å². The summed E-state index contributed by atoms with van der Waals surface area (Å²) in [6.45, 7) is -0.391. The summed E-state index contributed by atoms with van der Waals surface area (Å²) in [5, 5.41) is 15.2. The summed E-state index contributed by atoms with van der Waals surface area (Å²) < 4.78 is 0. The number of hydrogen-bond acceptors (Lipinski definition) is 5. The van der Waals surface area contributed by atoms with Crippen LogP contribution in [0.3, 0.4) is 0 Å². The van der Waals surface area contributed by atoms with Crippen LogP contribution in [0.5, 0.6) is 0 Å². The maximum absolute atomic E-state index is 11.4. The number of nitrogens with one attached hydrogen (secondary N) is 2. The molecule has 1 rings (SSSR count). The molecule has 0 spiro atoms. The third-order valence-electron chi connectivity index (χ3n) is 1.99. The Morgan fingerprint density at radius 1 is 1.22 bits per heavy atom. The van der Waals surface area contributed by atoms with Crippen molar-refractivity contribution in [2.45, 2.75) is 0 Å². The third kappa shape index (κ3) is 4.18. The van der Waals surface area contributed by atoms with Crippen LogP contribution in [-0.4, -0.2) is 29.8 Å². The number of carbonyl (C=O) groups is 2. The first-order valence-electron chi connectivity index (χ1n) is 5.04. The highest BCUT2D eigenvalue weighted by molar-refractivity contribution is 5.94. The zero-order valence-corrected chi connectivity index (χ0v) is 9.38. The van der Waals surface area contributed by atoms with Crippen LogP contribution in [0, 0.1) is 10.1 Å². The molecule has 0 saturated heterocycles. The number of rotatable bonds is 5. The number of nitrogens with zero attached hydrogens (tertiary/aromatic N) is 1. The highest BCUT2D eigenvalue weighted by Gasteiger charge is 2.07. The Balaban J connectivity index is 2.49. The molecule has 1 aromatic rings. The number of anilines is 1. The maximum atomic E-state index is 11.4. The minimum atomic E-state index is -0.535. The lowest BCUT2D eigenvalue weighted by Crippen LogP contribution is -2.36. The molecule has 4 N–H and O–H groups in total. The summed E-state index contributed by atoms with van der Waals surface area (Å²) in [5.74, 6) is -0.875. The molecule has 0 fully saturated rings. The number of nitrogens with two attached hydrogens (primary N) is 1. The summed E-state index contributed by atoms with van der Waals surface area (Å²) in [7, 11) is 0. The molecule has 18 heavy (non-hydrogen) atoms. The number of nitro groups is 1. The van der Waals surface area contributed by atoms with E-state index in [1.54, 1.807) is 0 Å². The number of carbonyl (C=O) groups excluding carboxylic acids is 2. The Morgan fingerprint density at radius 2 is 1.83 bits per heavy atom. The van der Waals surface area contributed by atoms with E-state index in [0.29, 0.717) is 5.69 Å². The molecule has 0 bridgehead atoms. The van der Waals surface area contributed by atoms with Gasteiger partial charge in [-0.1, -0.05) is 0 Å². The molecule has 0 aliphatic carbocycles. The zero-order chi connectivity index (χ0) is 13.5. The molecule has 0 aliphatic heterocycles. The lowest BCUT2D eigenvalue weighted by atomic mass is 10.3. The van der Waals surface area contributed by atoms with Crippen molar-refractivity contribution in [2.24, 2.45) is 5.73 Å². The summed E-state index contributed by atoms with van der Waals surface area (Å²) in [4.78, 5) is 32.0. The van der Waals surface area contributed by atoms with Gasteiger partial charge in [-0.15, -0.1) is 0 Å². The Bertz CT molecular complexity index is 457. The first kappa shape index (κ1) is 13.6. The van der Waals surface area contributed by atoms with Crippen LogP contribution in [0.2, 0.25) is 0 Å². The first-order valence-corrected chi connectivity index (χ1v) is 5.04. The lowest BCUT2D eigenvalue weighted by Gasteiger charge is -2.05. The van der Waals surface area contributed by atoms with Crippen molar-refractivity contribution < 1.29 is 14.5 Å². The molecule has 8 nitrogen and oxygen atoms in total. The van der Waals surface area contributed by atoms with Crippen molar-refractivity contribution in [1.29, 1.82) is 0 Å². The second-order valence-corrected chi connectivity index (χ2v) is 3.33. The standard InChI is InChI=1S/C10H12N4O4/c11-5-9(15)12-6-10(16)13-7-1-3-8(4-2-7)14(17)18/h1-4H,5-6,11H2,(H,12,15)(H,13,16). The SMILES string of the molecule is NCC(=O)NCC(=O)Nc1ccc([N+](=O)[O-])cc1. The molecule has 8 heteroatoms. The van der Waals surface area contributed by atoms with Crippen molar-refractivity contribution in [3.8, 4) is 0 Å². The summed E-state index contributed by atoms with van der Waals surface area (Å²) in [6.07, 6.45) is 0. The fourth-order valence-corrected chi connectivity index (χ4v) is 1.12. The normalized spacial score (nSPS) is 9.61. The summed E-state index contributed by atoms with van der Waals surface area (Å²) in [6, 6.07) is 5.35. The summed E-state index contributed by atoms with van der Waals surface area (Å²) in [5.41, 5.74) is 5.39. The van der Waals surface area contributed by atoms with E-state index in [1.807, 2.05) is 0 Å². The van der Waals surface area contributed by atoms with E-state index in [1.165, 1.54) is 24.3 Å². The van der Waals surface area contributed by atoms with Gasteiger partial charge >= 0.3 is 0 Å². The van der Waals surface area contributed by atoms with Gasteiger partial charge in [-0.05, 0) is 12.1 Å². The molecule has 1 aromatic carbocycles. The van der Waals surface area contributed by atoms with E-state index in [2.05, 4.69) is 10.6 Å². The van der Waals surface area contributed by atoms with E-state index < -0.39 is 16.7 Å². The van der Waals surface area contributed by atoms with Gasteiger partial charge < -0.3 is 16.4 Å². The van der Waals surface area contributed by atoms with E-state index in [4.69, 9.17) is 5.73 Å². The molecular weight excluding hydrogens is 240 g/mol. The number of benzene rings is 1. The Kier molecular flexibility index (Phi) is 4.76. The van der Waals surface area contributed by atoms with E-state index >= 15 is 0 Å². The molecule has 0 aliphatic rings. The van der Waals surface area contributed by atoms with Crippen molar-refractivity contribution in [3.63, 3.8) is 0 Å². The molecule has 96 valence electrons. The first-order chi connectivity index (χ1) is 8.52. The van der Waals surface area contributed by atoms with Gasteiger partial charge in [0.25, 0.3) is 5.69 Å². The van der Waals surface area contributed by atoms with E-state index in [0.717, 1.165) is 0 Å². The summed E-state index contributed by atoms with van der Waals surface area (Å²) >= 11 is 0. The average molecular weight is 252 g/mol. The van der Waals surface area contributed by atoms with Crippen LogP contribution in [0.1, 0.15) is 0 Å². The molecule has 0 atom stereocenters. The van der Waals surface area contributed by atoms with Gasteiger partial charge in [0.2, 0.25) is 11.8 Å². The molecule has 2 amide bonds. The minimum Gasteiger partial charge on any atom is -0.346 e. The van der Waals surface area contributed by atoms with Crippen LogP contribution in [0.25, 0.3) is 0 Å². The fourth-order valence-electron chi connectivity index (χ4n) is 1.12. The van der Waals surface area contributed by atoms with Gasteiger partial charge in [-0.2, -0.15) is 0 Å². The quantitative estimate of drug-likeness (QED) is 0.485. The topological polar surface area (TPSA) is 127 Å². The van der Waals surface area contributed by atoms with Gasteiger partial charge in [0.15, 0.2) is 0 Å². The highest BCUT2D eigenvalue weighted by Crippen LogP contribution is 2.14.